The molecule has 0 saturated carbocycles. The molecule has 0 radical (unpaired) electrons. The van der Waals surface area contributed by atoms with E-state index >= 15 is 0 Å². The third-order valence-corrected chi connectivity index (χ3v) is 2.93. The zero-order valence-corrected chi connectivity index (χ0v) is 10.7. The van der Waals surface area contributed by atoms with E-state index < -0.39 is 11.6 Å². The van der Waals surface area contributed by atoms with Crippen molar-refractivity contribution in [3.63, 3.8) is 0 Å². The minimum absolute atomic E-state index is 0.104. The molecule has 0 fully saturated rings. The number of hydrazone groups is 1. The number of rotatable bonds is 4. The lowest BCUT2D eigenvalue weighted by Crippen LogP contribution is -1.98. The fraction of sp³-hybridized carbons (Fsp3) is 0.0909. The summed E-state index contributed by atoms with van der Waals surface area (Å²) in [6, 6.07) is 2.15. The predicted molar refractivity (Wildman–Crippen MR) is 70.7 cm³/mol. The number of methoxy groups -OCH3 is 1. The van der Waals surface area contributed by atoms with Gasteiger partial charge >= 0.3 is 0 Å². The topological polar surface area (TPSA) is 72.5 Å². The maximum Gasteiger partial charge on any atom is 0.205 e. The maximum atomic E-state index is 13.6. The first-order chi connectivity index (χ1) is 9.10. The van der Waals surface area contributed by atoms with Gasteiger partial charge in [0.05, 0.1) is 18.9 Å². The van der Waals surface area contributed by atoms with Crippen LogP contribution in [0, 0.1) is 11.6 Å². The Morgan fingerprint density at radius 3 is 2.63 bits per heavy atom. The van der Waals surface area contributed by atoms with Crippen molar-refractivity contribution in [3.8, 4) is 5.75 Å². The van der Waals surface area contributed by atoms with E-state index in [4.69, 9.17) is 10.5 Å². The van der Waals surface area contributed by atoms with Crippen LogP contribution in [0.1, 0.15) is 5.56 Å². The zero-order chi connectivity index (χ0) is 13.8. The molecule has 5 nitrogen and oxygen atoms in total. The Morgan fingerprint density at radius 2 is 2.11 bits per heavy atom. The molecule has 1 aromatic carbocycles. The molecule has 0 aliphatic carbocycles. The lowest BCUT2D eigenvalue weighted by molar-refractivity contribution is 0.406. The summed E-state index contributed by atoms with van der Waals surface area (Å²) in [7, 11) is 1.33. The smallest absolute Gasteiger partial charge is 0.205 e. The highest BCUT2D eigenvalue weighted by molar-refractivity contribution is 7.14. The first kappa shape index (κ1) is 13.2. The van der Waals surface area contributed by atoms with Crippen molar-refractivity contribution in [2.75, 3.05) is 18.3 Å². The number of anilines is 2. The summed E-state index contributed by atoms with van der Waals surface area (Å²) in [5, 5.41) is 5.75. The number of nitrogens with two attached hydrogens (primary N) is 1. The van der Waals surface area contributed by atoms with E-state index in [1.165, 1.54) is 18.4 Å². The van der Waals surface area contributed by atoms with Gasteiger partial charge in [0.1, 0.15) is 23.2 Å². The maximum absolute atomic E-state index is 13.6. The number of nitrogens with zero attached hydrogens (tertiary/aromatic N) is 2. The Kier molecular flexibility index (Phi) is 3.91. The molecule has 2 aromatic rings. The summed E-state index contributed by atoms with van der Waals surface area (Å²) in [6.45, 7) is 0. The average molecular weight is 284 g/mol. The number of thiazole rings is 1. The van der Waals surface area contributed by atoms with E-state index in [0.717, 1.165) is 18.3 Å². The Hall–Kier alpha value is -2.22. The molecule has 0 bridgehead atoms. The summed E-state index contributed by atoms with van der Waals surface area (Å²) in [5.74, 6) is -1.07. The lowest BCUT2D eigenvalue weighted by Gasteiger charge is -2.03. The number of benzene rings is 1. The highest BCUT2D eigenvalue weighted by atomic mass is 32.1. The predicted octanol–water partition coefficient (Wildman–Crippen LogP) is 2.46. The average Bonchev–Trinajstić information content (AvgIpc) is 2.78. The van der Waals surface area contributed by atoms with Crippen LogP contribution in [0.4, 0.5) is 19.7 Å². The van der Waals surface area contributed by atoms with Gasteiger partial charge in [0, 0.05) is 17.5 Å². The number of aromatic nitrogens is 1. The first-order valence-electron chi connectivity index (χ1n) is 5.13. The Balaban J connectivity index is 2.14. The molecule has 0 aliphatic heterocycles. The SMILES string of the molecule is COc1cc(F)c(C=NNc2nc(N)cs2)c(F)c1. The molecule has 0 saturated heterocycles. The molecule has 19 heavy (non-hydrogen) atoms. The third-order valence-electron chi connectivity index (χ3n) is 2.16. The van der Waals surface area contributed by atoms with Crippen LogP contribution in [0.2, 0.25) is 0 Å². The summed E-state index contributed by atoms with van der Waals surface area (Å²) >= 11 is 1.23. The summed E-state index contributed by atoms with van der Waals surface area (Å²) in [5.41, 5.74) is 7.68. The number of halogens is 2. The van der Waals surface area contributed by atoms with Crippen LogP contribution >= 0.6 is 11.3 Å². The largest absolute Gasteiger partial charge is 0.497 e. The minimum atomic E-state index is -0.763. The van der Waals surface area contributed by atoms with Gasteiger partial charge in [0.2, 0.25) is 5.13 Å². The molecule has 0 amide bonds. The molecule has 1 heterocycles. The molecule has 0 aliphatic rings. The van der Waals surface area contributed by atoms with Gasteiger partial charge in [-0.1, -0.05) is 0 Å². The van der Waals surface area contributed by atoms with E-state index in [9.17, 15) is 8.78 Å². The summed E-state index contributed by atoms with van der Waals surface area (Å²) in [6.07, 6.45) is 1.03. The van der Waals surface area contributed by atoms with Crippen LogP contribution in [0.25, 0.3) is 0 Å². The van der Waals surface area contributed by atoms with Crippen molar-refractivity contribution in [2.24, 2.45) is 5.10 Å². The number of hydrogen-bond acceptors (Lipinski definition) is 6. The highest BCUT2D eigenvalue weighted by Crippen LogP contribution is 2.19. The van der Waals surface area contributed by atoms with Crippen molar-refractivity contribution in [2.45, 2.75) is 0 Å². The van der Waals surface area contributed by atoms with E-state index in [1.54, 1.807) is 5.38 Å². The number of nitrogens with one attached hydrogen (secondary N) is 1. The van der Waals surface area contributed by atoms with Crippen molar-refractivity contribution < 1.29 is 13.5 Å². The van der Waals surface area contributed by atoms with Gasteiger partial charge in [0.15, 0.2) is 0 Å². The molecule has 0 unspecified atom stereocenters. The number of nitrogen functional groups attached to an aromatic ring is 1. The van der Waals surface area contributed by atoms with Gasteiger partial charge < -0.3 is 10.5 Å². The number of ether oxygens (including phenoxy) is 1. The van der Waals surface area contributed by atoms with Gasteiger partial charge in [-0.2, -0.15) is 5.10 Å². The molecule has 0 atom stereocenters. The van der Waals surface area contributed by atoms with E-state index in [2.05, 4.69) is 15.5 Å². The normalized spacial score (nSPS) is 10.9. The molecule has 0 spiro atoms. The van der Waals surface area contributed by atoms with Gasteiger partial charge in [-0.25, -0.2) is 13.8 Å². The second kappa shape index (κ2) is 5.61. The lowest BCUT2D eigenvalue weighted by atomic mass is 10.2. The van der Waals surface area contributed by atoms with E-state index in [0.29, 0.717) is 10.9 Å². The fourth-order valence-corrected chi connectivity index (χ4v) is 1.84. The van der Waals surface area contributed by atoms with Gasteiger partial charge in [-0.3, -0.25) is 5.43 Å². The standard InChI is InChI=1S/C11H10F2N4OS/c1-18-6-2-8(12)7(9(13)3-6)4-15-17-11-16-10(14)5-19-11/h2-5H,14H2,1H3,(H,16,17). The number of hydrogen-bond donors (Lipinski definition) is 2. The van der Waals surface area contributed by atoms with Crippen LogP contribution < -0.4 is 15.9 Å². The van der Waals surface area contributed by atoms with Crippen LogP contribution in [0.5, 0.6) is 5.75 Å². The van der Waals surface area contributed by atoms with Crippen LogP contribution in [-0.2, 0) is 0 Å². The van der Waals surface area contributed by atoms with E-state index in [-0.39, 0.29) is 11.3 Å². The van der Waals surface area contributed by atoms with Crippen molar-refractivity contribution in [3.05, 3.63) is 34.7 Å². The van der Waals surface area contributed by atoms with Gasteiger partial charge in [-0.05, 0) is 0 Å². The molecule has 100 valence electrons. The quantitative estimate of drug-likeness (QED) is 0.668. The van der Waals surface area contributed by atoms with Gasteiger partial charge in [0.25, 0.3) is 0 Å². The monoisotopic (exact) mass is 284 g/mol. The second-order valence-corrected chi connectivity index (χ2v) is 4.31. The Labute approximate surface area is 111 Å². The van der Waals surface area contributed by atoms with E-state index in [1.807, 2.05) is 0 Å². The molecule has 2 rings (SSSR count). The third kappa shape index (κ3) is 3.16. The highest BCUT2D eigenvalue weighted by Gasteiger charge is 2.09. The molecule has 3 N–H and O–H groups in total. The summed E-state index contributed by atoms with van der Waals surface area (Å²) in [4.78, 5) is 3.88. The van der Waals surface area contributed by atoms with Gasteiger partial charge in [-0.15, -0.1) is 11.3 Å². The molecular weight excluding hydrogens is 274 g/mol. The second-order valence-electron chi connectivity index (χ2n) is 3.45. The minimum Gasteiger partial charge on any atom is -0.497 e. The van der Waals surface area contributed by atoms with Crippen LogP contribution in [-0.4, -0.2) is 18.3 Å². The summed E-state index contributed by atoms with van der Waals surface area (Å²) < 4.78 is 31.9. The van der Waals surface area contributed by atoms with Crippen molar-refractivity contribution >= 4 is 28.5 Å². The van der Waals surface area contributed by atoms with Crippen LogP contribution in [0.3, 0.4) is 0 Å². The van der Waals surface area contributed by atoms with Crippen molar-refractivity contribution in [1.82, 2.24) is 4.98 Å². The zero-order valence-electron chi connectivity index (χ0n) is 9.85. The first-order valence-corrected chi connectivity index (χ1v) is 6.01. The Morgan fingerprint density at radius 1 is 1.42 bits per heavy atom. The van der Waals surface area contributed by atoms with Crippen LogP contribution in [0.15, 0.2) is 22.6 Å². The molecule has 8 heteroatoms. The molecular formula is C11H10F2N4OS. The Bertz CT molecular complexity index is 591. The fourth-order valence-electron chi connectivity index (χ4n) is 1.29. The van der Waals surface area contributed by atoms with Crippen molar-refractivity contribution in [1.29, 1.82) is 0 Å². The molecule has 1 aromatic heterocycles.